The number of nitrogens with zero attached hydrogens (tertiary/aromatic N) is 8. The molecule has 4 bridgehead atoms. The number of carbonyl (C=O) groups is 6. The molecule has 22 nitrogen and oxygen atoms in total. The molecular weight excluding hydrogens is 1110 g/mol. The van der Waals surface area contributed by atoms with Crippen molar-refractivity contribution in [3.8, 4) is 28.4 Å². The number of aromatic nitrogens is 2. The molecule has 5 fully saturated rings. The van der Waals surface area contributed by atoms with Crippen LogP contribution in [-0.4, -0.2) is 226 Å². The van der Waals surface area contributed by atoms with Gasteiger partial charge in [-0.25, -0.2) is 9.48 Å². The number of nitrogens with one attached hydrogen (secondary N) is 2. The lowest BCUT2D eigenvalue weighted by Gasteiger charge is -2.59. The van der Waals surface area contributed by atoms with E-state index in [9.17, 15) is 49.2 Å². The number of amides is 2. The molecule has 9 rings (SSSR count). The van der Waals surface area contributed by atoms with E-state index in [0.717, 1.165) is 74.8 Å². The summed E-state index contributed by atoms with van der Waals surface area (Å²) in [6.07, 6.45) is 6.30. The quantitative estimate of drug-likeness (QED) is 0.0401. The van der Waals surface area contributed by atoms with Gasteiger partial charge >= 0.3 is 23.9 Å². The average Bonchev–Trinajstić information content (AvgIpc) is 1.94. The molecule has 460 valence electrons. The van der Waals surface area contributed by atoms with Gasteiger partial charge in [0, 0.05) is 77.2 Å². The predicted molar refractivity (Wildman–Crippen MR) is 325 cm³/mol. The van der Waals surface area contributed by atoms with Gasteiger partial charge in [-0.2, -0.15) is 5.10 Å². The molecule has 5 aliphatic rings. The summed E-state index contributed by atoms with van der Waals surface area (Å²) in [5.74, 6) is -3.15. The van der Waals surface area contributed by atoms with Crippen LogP contribution < -0.4 is 20.1 Å². The van der Waals surface area contributed by atoms with Crippen LogP contribution in [0.3, 0.4) is 0 Å². The molecule has 23 heteroatoms. The zero-order valence-corrected chi connectivity index (χ0v) is 50.8. The van der Waals surface area contributed by atoms with Crippen molar-refractivity contribution in [1.82, 2.24) is 44.5 Å². The third kappa shape index (κ3) is 15.5. The normalized spacial score (nSPS) is 21.6. The van der Waals surface area contributed by atoms with Crippen molar-refractivity contribution >= 4 is 58.7 Å². The average molecular weight is 1190 g/mol. The standard InChI is InChI=1S/C62H84N10O12S/c1-39(2)48-33-43(15-18-50(48)72-51(57-52(83-6)11-8-12-53(57)84-7)34-49(65-72)58(79)64-62(60(81)82)44-28-41-27-42(30-44)31-45(62)29-41)59(80)67(4)21-9-19-66(3)20-10-22-68(5)61(85)63-46-16-13-40(14-17-46)32-47-35-70(37-55(75)76)24-23-69(36-54(73)74)25-26-71(47)38-56(77)78/h8,11-18,33-34,39,41-42,44-45,47H,9-10,19-32,35-38H2,1-7H3,(H,63,85)(H,64,79)(H,73,74)(H,75,76)(H,77,78)(H,81,82). The maximum absolute atomic E-state index is 14.5. The molecule has 1 aromatic heterocycles. The molecule has 2 amide bonds. The maximum Gasteiger partial charge on any atom is 0.330 e. The van der Waals surface area contributed by atoms with Crippen molar-refractivity contribution in [1.29, 1.82) is 0 Å². The molecule has 2 heterocycles. The van der Waals surface area contributed by atoms with E-state index in [4.69, 9.17) is 26.8 Å². The van der Waals surface area contributed by atoms with Gasteiger partial charge in [0.25, 0.3) is 11.8 Å². The van der Waals surface area contributed by atoms with E-state index in [1.807, 2.05) is 68.3 Å². The van der Waals surface area contributed by atoms with Crippen molar-refractivity contribution in [3.05, 3.63) is 89.1 Å². The van der Waals surface area contributed by atoms with Crippen LogP contribution in [0.2, 0.25) is 0 Å². The first-order valence-electron chi connectivity index (χ1n) is 29.5. The van der Waals surface area contributed by atoms with Gasteiger partial charge in [0.1, 0.15) is 17.0 Å². The minimum atomic E-state index is -1.37. The summed E-state index contributed by atoms with van der Waals surface area (Å²) in [5.41, 5.74) is 3.40. The van der Waals surface area contributed by atoms with Gasteiger partial charge in [0.2, 0.25) is 0 Å². The first kappa shape index (κ1) is 63.8. The van der Waals surface area contributed by atoms with Crippen molar-refractivity contribution in [2.75, 3.05) is 119 Å². The summed E-state index contributed by atoms with van der Waals surface area (Å²) < 4.78 is 13.4. The fourth-order valence-corrected chi connectivity index (χ4v) is 13.8. The summed E-state index contributed by atoms with van der Waals surface area (Å²) >= 11 is 5.77. The second kappa shape index (κ2) is 28.3. The van der Waals surface area contributed by atoms with E-state index in [2.05, 4.69) is 22.6 Å². The highest BCUT2D eigenvalue weighted by atomic mass is 32.1. The number of carbonyl (C=O) groups excluding carboxylic acids is 2. The topological polar surface area (TPSA) is 263 Å². The van der Waals surface area contributed by atoms with Gasteiger partial charge in [-0.1, -0.05) is 32.0 Å². The fraction of sp³-hybridized carbons (Fsp3) is 0.548. The number of aliphatic carboxylic acids is 4. The van der Waals surface area contributed by atoms with Crippen LogP contribution in [-0.2, 0) is 25.6 Å². The van der Waals surface area contributed by atoms with Crippen molar-refractivity contribution < 1.29 is 58.7 Å². The van der Waals surface area contributed by atoms with E-state index < -0.39 is 35.3 Å². The molecule has 4 aromatic rings. The molecule has 4 aliphatic carbocycles. The number of thiocarbonyl (C=S) groups is 1. The monoisotopic (exact) mass is 1190 g/mol. The molecule has 6 N–H and O–H groups in total. The Morgan fingerprint density at radius 2 is 1.29 bits per heavy atom. The number of hydrogen-bond donors (Lipinski definition) is 6. The Morgan fingerprint density at radius 3 is 1.87 bits per heavy atom. The first-order chi connectivity index (χ1) is 40.6. The molecule has 85 heavy (non-hydrogen) atoms. The molecule has 1 saturated heterocycles. The highest BCUT2D eigenvalue weighted by molar-refractivity contribution is 7.80. The highest BCUT2D eigenvalue weighted by Crippen LogP contribution is 2.58. The smallest absolute Gasteiger partial charge is 0.330 e. The second-order valence-corrected chi connectivity index (χ2v) is 24.4. The minimum Gasteiger partial charge on any atom is -0.496 e. The lowest BCUT2D eigenvalue weighted by molar-refractivity contribution is -0.163. The van der Waals surface area contributed by atoms with Crippen LogP contribution in [0, 0.1) is 23.7 Å². The summed E-state index contributed by atoms with van der Waals surface area (Å²) in [7, 11) is 8.90. The van der Waals surface area contributed by atoms with Gasteiger partial charge in [-0.05, 0) is 173 Å². The number of benzene rings is 3. The predicted octanol–water partition coefficient (Wildman–Crippen LogP) is 5.89. The van der Waals surface area contributed by atoms with E-state index in [1.165, 1.54) is 0 Å². The number of anilines is 1. The third-order valence-corrected chi connectivity index (χ3v) is 18.2. The Balaban J connectivity index is 0.853. The van der Waals surface area contributed by atoms with Crippen LogP contribution >= 0.6 is 12.2 Å². The zero-order valence-electron chi connectivity index (χ0n) is 50.0. The molecule has 0 radical (unpaired) electrons. The lowest BCUT2D eigenvalue weighted by Crippen LogP contribution is -2.70. The Labute approximate surface area is 503 Å². The second-order valence-electron chi connectivity index (χ2n) is 24.0. The van der Waals surface area contributed by atoms with E-state index in [0.29, 0.717) is 103 Å². The number of methoxy groups -OCH3 is 2. The lowest BCUT2D eigenvalue weighted by atomic mass is 9.48. The number of carboxylic acids is 4. The van der Waals surface area contributed by atoms with Crippen molar-refractivity contribution in [3.63, 3.8) is 0 Å². The summed E-state index contributed by atoms with van der Waals surface area (Å²) in [6, 6.07) is 19.9. The summed E-state index contributed by atoms with van der Waals surface area (Å²) in [4.78, 5) is 88.4. The molecule has 1 aliphatic heterocycles. The van der Waals surface area contributed by atoms with Gasteiger partial charge in [-0.15, -0.1) is 0 Å². The van der Waals surface area contributed by atoms with E-state index >= 15 is 0 Å². The van der Waals surface area contributed by atoms with Gasteiger partial charge in [0.15, 0.2) is 10.8 Å². The highest BCUT2D eigenvalue weighted by Gasteiger charge is 2.62. The Kier molecular flexibility index (Phi) is 21.3. The van der Waals surface area contributed by atoms with Gasteiger partial charge < -0.3 is 55.2 Å². The number of rotatable bonds is 26. The molecular formula is C62H84N10O12S. The molecule has 3 aromatic carbocycles. The van der Waals surface area contributed by atoms with Crippen molar-refractivity contribution in [2.45, 2.75) is 82.7 Å². The molecule has 0 spiro atoms. The van der Waals surface area contributed by atoms with Gasteiger partial charge in [0.05, 0.1) is 50.8 Å². The Morgan fingerprint density at radius 1 is 0.718 bits per heavy atom. The zero-order chi connectivity index (χ0) is 61.3. The number of hydrogen-bond acceptors (Lipinski definition) is 14. The van der Waals surface area contributed by atoms with Crippen LogP contribution in [0.4, 0.5) is 5.69 Å². The van der Waals surface area contributed by atoms with E-state index in [1.54, 1.807) is 69.8 Å². The van der Waals surface area contributed by atoms with Crippen LogP contribution in [0.1, 0.15) is 96.7 Å². The summed E-state index contributed by atoms with van der Waals surface area (Å²) in [5, 5.41) is 51.6. The molecule has 1 unspecified atom stereocenters. The fourth-order valence-electron chi connectivity index (χ4n) is 13.6. The minimum absolute atomic E-state index is 0.0558. The number of ether oxygens (including phenoxy) is 2. The number of carboxylic acid groups (broad SMARTS) is 4. The van der Waals surface area contributed by atoms with Crippen LogP contribution in [0.25, 0.3) is 16.9 Å². The maximum atomic E-state index is 14.5. The molecule has 4 saturated carbocycles. The Bertz CT molecular complexity index is 3010. The third-order valence-electron chi connectivity index (χ3n) is 17.8. The van der Waals surface area contributed by atoms with Crippen LogP contribution in [0.5, 0.6) is 11.5 Å². The van der Waals surface area contributed by atoms with Gasteiger partial charge in [-0.3, -0.25) is 38.7 Å². The molecule has 1 atom stereocenters. The van der Waals surface area contributed by atoms with Crippen molar-refractivity contribution in [2.24, 2.45) is 23.7 Å². The van der Waals surface area contributed by atoms with E-state index in [-0.39, 0.29) is 55.0 Å². The first-order valence-corrected chi connectivity index (χ1v) is 29.9. The van der Waals surface area contributed by atoms with Crippen LogP contribution in [0.15, 0.2) is 66.7 Å². The largest absolute Gasteiger partial charge is 0.496 e. The summed E-state index contributed by atoms with van der Waals surface area (Å²) in [6.45, 7) is 7.68. The Hall–Kier alpha value is -7.18. The SMILES string of the molecule is COc1cccc(OC)c1-c1cc(C(=O)NC2(C(=O)O)C3CC4CC(C3)CC2C4)nn1-c1ccc(C(=O)N(C)CCCN(C)CCCN(C)C(=S)Nc2ccc(CC3CN(CC(=O)O)CCN(CC(=O)O)CCN3CC(=O)O)cc2)cc1C(C)C.